The molecule has 0 aromatic carbocycles. The molecule has 0 aliphatic carbocycles. The van der Waals surface area contributed by atoms with E-state index in [1.807, 2.05) is 25.1 Å². The van der Waals surface area contributed by atoms with Crippen molar-refractivity contribution in [2.45, 2.75) is 6.04 Å². The average Bonchev–Trinajstić information content (AvgIpc) is 2.85. The SMILES string of the molecule is CN(C)c1ccc(NC(=O)C(N)c2cnn(C)c2)cn1. The van der Waals surface area contributed by atoms with Crippen molar-refractivity contribution in [1.29, 1.82) is 0 Å². The molecule has 0 aliphatic heterocycles. The zero-order valence-corrected chi connectivity index (χ0v) is 11.7. The predicted molar refractivity (Wildman–Crippen MR) is 77.3 cm³/mol. The summed E-state index contributed by atoms with van der Waals surface area (Å²) in [5.41, 5.74) is 7.16. The van der Waals surface area contributed by atoms with Crippen molar-refractivity contribution in [2.75, 3.05) is 24.3 Å². The first-order valence-electron chi connectivity index (χ1n) is 6.15. The van der Waals surface area contributed by atoms with Crippen LogP contribution >= 0.6 is 0 Å². The van der Waals surface area contributed by atoms with Gasteiger partial charge in [0.05, 0.1) is 18.1 Å². The molecule has 2 heterocycles. The number of pyridine rings is 1. The summed E-state index contributed by atoms with van der Waals surface area (Å²) >= 11 is 0. The first kappa shape index (κ1) is 14.0. The van der Waals surface area contributed by atoms with Gasteiger partial charge in [0.1, 0.15) is 11.9 Å². The molecule has 3 N–H and O–H groups in total. The van der Waals surface area contributed by atoms with E-state index < -0.39 is 6.04 Å². The number of amides is 1. The van der Waals surface area contributed by atoms with Gasteiger partial charge in [-0.2, -0.15) is 5.10 Å². The van der Waals surface area contributed by atoms with Crippen LogP contribution in [-0.4, -0.2) is 34.8 Å². The van der Waals surface area contributed by atoms with Crippen LogP contribution in [0, 0.1) is 0 Å². The van der Waals surface area contributed by atoms with Crippen molar-refractivity contribution in [3.63, 3.8) is 0 Å². The number of aromatic nitrogens is 3. The lowest BCUT2D eigenvalue weighted by atomic mass is 10.1. The molecule has 20 heavy (non-hydrogen) atoms. The molecule has 0 saturated heterocycles. The maximum absolute atomic E-state index is 12.0. The van der Waals surface area contributed by atoms with Crippen LogP contribution in [0.5, 0.6) is 0 Å². The van der Waals surface area contributed by atoms with E-state index in [2.05, 4.69) is 15.4 Å². The van der Waals surface area contributed by atoms with Gasteiger partial charge in [0, 0.05) is 32.9 Å². The van der Waals surface area contributed by atoms with Gasteiger partial charge in [-0.3, -0.25) is 9.48 Å². The normalized spacial score (nSPS) is 12.0. The maximum atomic E-state index is 12.0. The highest BCUT2D eigenvalue weighted by Gasteiger charge is 2.17. The minimum absolute atomic E-state index is 0.294. The highest BCUT2D eigenvalue weighted by Crippen LogP contribution is 2.15. The summed E-state index contributed by atoms with van der Waals surface area (Å²) in [5.74, 6) is 0.525. The summed E-state index contributed by atoms with van der Waals surface area (Å²) in [4.78, 5) is 18.1. The third kappa shape index (κ3) is 3.12. The van der Waals surface area contributed by atoms with Crippen molar-refractivity contribution in [3.05, 3.63) is 36.3 Å². The Morgan fingerprint density at radius 2 is 2.15 bits per heavy atom. The van der Waals surface area contributed by atoms with Crippen molar-refractivity contribution in [3.8, 4) is 0 Å². The van der Waals surface area contributed by atoms with Crippen LogP contribution in [0.3, 0.4) is 0 Å². The second kappa shape index (κ2) is 5.70. The van der Waals surface area contributed by atoms with Crippen molar-refractivity contribution >= 4 is 17.4 Å². The van der Waals surface area contributed by atoms with Crippen molar-refractivity contribution in [2.24, 2.45) is 12.8 Å². The summed E-state index contributed by atoms with van der Waals surface area (Å²) in [6, 6.07) is 2.86. The molecule has 0 bridgehead atoms. The molecule has 2 rings (SSSR count). The molecule has 0 radical (unpaired) electrons. The minimum Gasteiger partial charge on any atom is -0.363 e. The molecule has 0 fully saturated rings. The molecule has 0 aliphatic rings. The average molecular weight is 274 g/mol. The van der Waals surface area contributed by atoms with Gasteiger partial charge in [0.25, 0.3) is 0 Å². The van der Waals surface area contributed by atoms with E-state index in [9.17, 15) is 4.79 Å². The number of nitrogens with one attached hydrogen (secondary N) is 1. The van der Waals surface area contributed by atoms with Gasteiger partial charge in [-0.05, 0) is 12.1 Å². The third-order valence-corrected chi connectivity index (χ3v) is 2.84. The fraction of sp³-hybridized carbons (Fsp3) is 0.308. The fourth-order valence-electron chi connectivity index (χ4n) is 1.70. The summed E-state index contributed by atoms with van der Waals surface area (Å²) in [6.45, 7) is 0. The number of aryl methyl sites for hydroxylation is 1. The second-order valence-corrected chi connectivity index (χ2v) is 4.71. The highest BCUT2D eigenvalue weighted by atomic mass is 16.2. The van der Waals surface area contributed by atoms with Gasteiger partial charge in [0.15, 0.2) is 0 Å². The number of carbonyl (C=O) groups is 1. The summed E-state index contributed by atoms with van der Waals surface area (Å²) in [7, 11) is 5.58. The van der Waals surface area contributed by atoms with E-state index in [1.165, 1.54) is 0 Å². The van der Waals surface area contributed by atoms with Crippen LogP contribution < -0.4 is 16.0 Å². The molecule has 2 aromatic heterocycles. The molecule has 106 valence electrons. The van der Waals surface area contributed by atoms with E-state index in [-0.39, 0.29) is 5.91 Å². The Labute approximate surface area is 117 Å². The number of hydrogen-bond donors (Lipinski definition) is 2. The number of nitrogens with two attached hydrogens (primary N) is 1. The first-order chi connectivity index (χ1) is 9.47. The smallest absolute Gasteiger partial charge is 0.246 e. The van der Waals surface area contributed by atoms with E-state index in [0.29, 0.717) is 11.3 Å². The van der Waals surface area contributed by atoms with Gasteiger partial charge >= 0.3 is 0 Å². The number of nitrogens with zero attached hydrogens (tertiary/aromatic N) is 4. The van der Waals surface area contributed by atoms with Crippen LogP contribution in [0.25, 0.3) is 0 Å². The Hall–Kier alpha value is -2.41. The standard InChI is InChI=1S/C13H18N6O/c1-18(2)11-5-4-10(7-15-11)17-13(20)12(14)9-6-16-19(3)8-9/h4-8,12H,14H2,1-3H3,(H,17,20). The Morgan fingerprint density at radius 3 is 2.65 bits per heavy atom. The van der Waals surface area contributed by atoms with Crippen LogP contribution in [-0.2, 0) is 11.8 Å². The number of anilines is 2. The van der Waals surface area contributed by atoms with E-state index in [4.69, 9.17) is 5.73 Å². The van der Waals surface area contributed by atoms with E-state index in [0.717, 1.165) is 5.82 Å². The molecular formula is C13H18N6O. The maximum Gasteiger partial charge on any atom is 0.246 e. The summed E-state index contributed by atoms with van der Waals surface area (Å²) < 4.78 is 1.61. The molecule has 0 saturated carbocycles. The van der Waals surface area contributed by atoms with Crippen molar-refractivity contribution in [1.82, 2.24) is 14.8 Å². The Morgan fingerprint density at radius 1 is 1.40 bits per heavy atom. The minimum atomic E-state index is -0.753. The summed E-state index contributed by atoms with van der Waals surface area (Å²) in [6.07, 6.45) is 4.90. The van der Waals surface area contributed by atoms with Crippen LogP contribution in [0.4, 0.5) is 11.5 Å². The Balaban J connectivity index is 2.04. The third-order valence-electron chi connectivity index (χ3n) is 2.84. The van der Waals surface area contributed by atoms with Crippen LogP contribution in [0.1, 0.15) is 11.6 Å². The molecule has 1 unspecified atom stereocenters. The zero-order chi connectivity index (χ0) is 14.7. The first-order valence-corrected chi connectivity index (χ1v) is 6.15. The lowest BCUT2D eigenvalue weighted by Crippen LogP contribution is -2.27. The molecule has 1 amide bonds. The number of hydrogen-bond acceptors (Lipinski definition) is 5. The van der Waals surface area contributed by atoms with E-state index in [1.54, 1.807) is 36.4 Å². The number of rotatable bonds is 4. The Kier molecular flexibility index (Phi) is 3.99. The second-order valence-electron chi connectivity index (χ2n) is 4.71. The Bertz CT molecular complexity index is 589. The van der Waals surface area contributed by atoms with Crippen LogP contribution in [0.2, 0.25) is 0 Å². The van der Waals surface area contributed by atoms with Crippen LogP contribution in [0.15, 0.2) is 30.7 Å². The monoisotopic (exact) mass is 274 g/mol. The molecule has 0 spiro atoms. The molecular weight excluding hydrogens is 256 g/mol. The van der Waals surface area contributed by atoms with Gasteiger partial charge < -0.3 is 16.0 Å². The van der Waals surface area contributed by atoms with E-state index >= 15 is 0 Å². The zero-order valence-electron chi connectivity index (χ0n) is 11.7. The van der Waals surface area contributed by atoms with Gasteiger partial charge in [0.2, 0.25) is 5.91 Å². The predicted octanol–water partition coefficient (Wildman–Crippen LogP) is 0.520. The lowest BCUT2D eigenvalue weighted by Gasteiger charge is -2.13. The molecule has 2 aromatic rings. The molecule has 7 nitrogen and oxygen atoms in total. The van der Waals surface area contributed by atoms with Gasteiger partial charge in [-0.1, -0.05) is 0 Å². The largest absolute Gasteiger partial charge is 0.363 e. The number of carbonyl (C=O) groups excluding carboxylic acids is 1. The van der Waals surface area contributed by atoms with Gasteiger partial charge in [-0.15, -0.1) is 0 Å². The summed E-state index contributed by atoms with van der Waals surface area (Å²) in [5, 5.41) is 6.73. The topological polar surface area (TPSA) is 89.1 Å². The molecule has 1 atom stereocenters. The fourth-order valence-corrected chi connectivity index (χ4v) is 1.70. The molecule has 7 heteroatoms. The van der Waals surface area contributed by atoms with Crippen molar-refractivity contribution < 1.29 is 4.79 Å². The lowest BCUT2D eigenvalue weighted by molar-refractivity contribution is -0.117. The quantitative estimate of drug-likeness (QED) is 0.848. The highest BCUT2D eigenvalue weighted by molar-refractivity contribution is 5.95. The van der Waals surface area contributed by atoms with Gasteiger partial charge in [-0.25, -0.2) is 4.98 Å².